The lowest BCUT2D eigenvalue weighted by Gasteiger charge is -2.16. The van der Waals surface area contributed by atoms with Crippen molar-refractivity contribution in [2.75, 3.05) is 36.9 Å². The van der Waals surface area contributed by atoms with E-state index in [1.54, 1.807) is 36.4 Å². The van der Waals surface area contributed by atoms with Crippen LogP contribution in [0, 0.1) is 0 Å². The lowest BCUT2D eigenvalue weighted by atomic mass is 10.3. The highest BCUT2D eigenvalue weighted by Crippen LogP contribution is 2.25. The summed E-state index contributed by atoms with van der Waals surface area (Å²) in [6.45, 7) is 1.69. The smallest absolute Gasteiger partial charge is 0.260 e. The van der Waals surface area contributed by atoms with Gasteiger partial charge in [0, 0.05) is 30.5 Å². The molecule has 0 bridgehead atoms. The molecule has 8 heteroatoms. The molecule has 3 rings (SSSR count). The van der Waals surface area contributed by atoms with Gasteiger partial charge in [0.2, 0.25) is 5.91 Å². The second kappa shape index (κ2) is 9.66. The van der Waals surface area contributed by atoms with E-state index < -0.39 is 0 Å². The van der Waals surface area contributed by atoms with E-state index in [0.29, 0.717) is 21.5 Å². The molecule has 0 atom stereocenters. The fourth-order valence-electron chi connectivity index (χ4n) is 2.86. The van der Waals surface area contributed by atoms with Gasteiger partial charge in [-0.05, 0) is 43.2 Å². The standard InChI is InChI=1S/C20H21Cl2N3O3/c21-17-7-6-15(11-18(17)22)24-19(26)12-23-14-4-3-5-16(10-14)28-13-20(27)25-8-1-2-9-25/h3-7,10-11,23H,1-2,8-9,12-13H2,(H,24,26). The third kappa shape index (κ3) is 5.78. The van der Waals surface area contributed by atoms with Crippen LogP contribution in [-0.4, -0.2) is 43.0 Å². The monoisotopic (exact) mass is 421 g/mol. The summed E-state index contributed by atoms with van der Waals surface area (Å²) in [5, 5.41) is 6.57. The van der Waals surface area contributed by atoms with Gasteiger partial charge >= 0.3 is 0 Å². The molecule has 2 N–H and O–H groups in total. The molecule has 1 aliphatic rings. The van der Waals surface area contributed by atoms with Crippen molar-refractivity contribution in [2.45, 2.75) is 12.8 Å². The van der Waals surface area contributed by atoms with Gasteiger partial charge < -0.3 is 20.3 Å². The quantitative estimate of drug-likeness (QED) is 0.707. The van der Waals surface area contributed by atoms with E-state index in [1.807, 2.05) is 11.0 Å². The van der Waals surface area contributed by atoms with Gasteiger partial charge in [-0.25, -0.2) is 0 Å². The summed E-state index contributed by atoms with van der Waals surface area (Å²) in [5.41, 5.74) is 1.29. The fourth-order valence-corrected chi connectivity index (χ4v) is 3.16. The normalized spacial score (nSPS) is 13.3. The Kier molecular flexibility index (Phi) is 7.01. The van der Waals surface area contributed by atoms with Crippen molar-refractivity contribution in [3.05, 3.63) is 52.5 Å². The minimum Gasteiger partial charge on any atom is -0.484 e. The first-order valence-electron chi connectivity index (χ1n) is 9.01. The summed E-state index contributed by atoms with van der Waals surface area (Å²) in [6, 6.07) is 12.0. The van der Waals surface area contributed by atoms with Crippen LogP contribution in [0.4, 0.5) is 11.4 Å². The van der Waals surface area contributed by atoms with E-state index in [1.165, 1.54) is 0 Å². The second-order valence-electron chi connectivity index (χ2n) is 6.44. The Bertz CT molecular complexity index is 854. The first kappa shape index (κ1) is 20.3. The summed E-state index contributed by atoms with van der Waals surface area (Å²) in [7, 11) is 0. The second-order valence-corrected chi connectivity index (χ2v) is 7.25. The molecule has 2 aromatic carbocycles. The number of rotatable bonds is 7. The summed E-state index contributed by atoms with van der Waals surface area (Å²) < 4.78 is 5.59. The molecule has 0 unspecified atom stereocenters. The molecule has 0 aromatic heterocycles. The van der Waals surface area contributed by atoms with Crippen LogP contribution in [0.2, 0.25) is 10.0 Å². The Balaban J connectivity index is 1.47. The van der Waals surface area contributed by atoms with Crippen LogP contribution >= 0.6 is 23.2 Å². The highest BCUT2D eigenvalue weighted by molar-refractivity contribution is 6.42. The van der Waals surface area contributed by atoms with E-state index in [9.17, 15) is 9.59 Å². The van der Waals surface area contributed by atoms with Crippen molar-refractivity contribution in [3.63, 3.8) is 0 Å². The van der Waals surface area contributed by atoms with Crippen molar-refractivity contribution in [1.82, 2.24) is 4.90 Å². The molecule has 0 spiro atoms. The highest BCUT2D eigenvalue weighted by Gasteiger charge is 2.18. The molecule has 1 aliphatic heterocycles. The average molecular weight is 422 g/mol. The van der Waals surface area contributed by atoms with Crippen molar-refractivity contribution in [3.8, 4) is 5.75 Å². The molecule has 2 aromatic rings. The Morgan fingerprint density at radius 3 is 2.54 bits per heavy atom. The Morgan fingerprint density at radius 1 is 1.00 bits per heavy atom. The largest absolute Gasteiger partial charge is 0.484 e. The average Bonchev–Trinajstić information content (AvgIpc) is 3.23. The molecule has 148 valence electrons. The van der Waals surface area contributed by atoms with Crippen LogP contribution in [0.1, 0.15) is 12.8 Å². The molecule has 1 saturated heterocycles. The zero-order valence-corrected chi connectivity index (χ0v) is 16.7. The van der Waals surface area contributed by atoms with Gasteiger partial charge in [-0.1, -0.05) is 29.3 Å². The number of hydrogen-bond donors (Lipinski definition) is 2. The number of nitrogens with one attached hydrogen (secondary N) is 2. The summed E-state index contributed by atoms with van der Waals surface area (Å²) >= 11 is 11.8. The predicted octanol–water partition coefficient (Wildman–Crippen LogP) is 4.05. The van der Waals surface area contributed by atoms with Gasteiger partial charge in [0.25, 0.3) is 5.91 Å². The maximum Gasteiger partial charge on any atom is 0.260 e. The lowest BCUT2D eigenvalue weighted by Crippen LogP contribution is -2.32. The maximum atomic E-state index is 12.1. The molecule has 1 heterocycles. The zero-order chi connectivity index (χ0) is 19.9. The van der Waals surface area contributed by atoms with Crippen LogP contribution < -0.4 is 15.4 Å². The number of carbonyl (C=O) groups is 2. The van der Waals surface area contributed by atoms with Gasteiger partial charge in [-0.3, -0.25) is 9.59 Å². The first-order valence-corrected chi connectivity index (χ1v) is 9.76. The summed E-state index contributed by atoms with van der Waals surface area (Å²) in [6.07, 6.45) is 2.10. The molecule has 28 heavy (non-hydrogen) atoms. The number of nitrogens with zero attached hydrogens (tertiary/aromatic N) is 1. The van der Waals surface area contributed by atoms with Crippen LogP contribution in [-0.2, 0) is 9.59 Å². The number of hydrogen-bond acceptors (Lipinski definition) is 4. The van der Waals surface area contributed by atoms with Crippen molar-refractivity contribution >= 4 is 46.4 Å². The van der Waals surface area contributed by atoms with E-state index in [2.05, 4.69) is 10.6 Å². The molecule has 0 radical (unpaired) electrons. The Hall–Kier alpha value is -2.44. The van der Waals surface area contributed by atoms with Crippen molar-refractivity contribution in [1.29, 1.82) is 0 Å². The van der Waals surface area contributed by atoms with Crippen molar-refractivity contribution < 1.29 is 14.3 Å². The van der Waals surface area contributed by atoms with E-state index in [0.717, 1.165) is 31.6 Å². The molecule has 0 saturated carbocycles. The minimum absolute atomic E-state index is 0.00290. The Morgan fingerprint density at radius 2 is 1.79 bits per heavy atom. The van der Waals surface area contributed by atoms with Gasteiger partial charge in [-0.15, -0.1) is 0 Å². The predicted molar refractivity (Wildman–Crippen MR) is 111 cm³/mol. The molecular formula is C20H21Cl2N3O3. The molecule has 2 amide bonds. The van der Waals surface area contributed by atoms with Crippen LogP contribution in [0.3, 0.4) is 0 Å². The number of halogens is 2. The molecule has 0 aliphatic carbocycles. The van der Waals surface area contributed by atoms with E-state index in [-0.39, 0.29) is 25.0 Å². The molecular weight excluding hydrogens is 401 g/mol. The van der Waals surface area contributed by atoms with Crippen LogP contribution in [0.15, 0.2) is 42.5 Å². The van der Waals surface area contributed by atoms with E-state index >= 15 is 0 Å². The van der Waals surface area contributed by atoms with Gasteiger partial charge in [-0.2, -0.15) is 0 Å². The van der Waals surface area contributed by atoms with Gasteiger partial charge in [0.05, 0.1) is 16.6 Å². The van der Waals surface area contributed by atoms with Crippen LogP contribution in [0.25, 0.3) is 0 Å². The first-order chi connectivity index (χ1) is 13.5. The number of likely N-dealkylation sites (tertiary alicyclic amines) is 1. The third-order valence-corrected chi connectivity index (χ3v) is 5.05. The third-order valence-electron chi connectivity index (χ3n) is 4.31. The number of ether oxygens (including phenoxy) is 1. The number of benzene rings is 2. The molecule has 1 fully saturated rings. The minimum atomic E-state index is -0.228. The Labute approximate surface area is 173 Å². The zero-order valence-electron chi connectivity index (χ0n) is 15.2. The van der Waals surface area contributed by atoms with E-state index in [4.69, 9.17) is 27.9 Å². The maximum absolute atomic E-state index is 12.1. The number of anilines is 2. The van der Waals surface area contributed by atoms with Crippen LogP contribution in [0.5, 0.6) is 5.75 Å². The lowest BCUT2D eigenvalue weighted by molar-refractivity contribution is -0.132. The number of amides is 2. The highest BCUT2D eigenvalue weighted by atomic mass is 35.5. The van der Waals surface area contributed by atoms with Gasteiger partial charge in [0.1, 0.15) is 5.75 Å². The molecule has 6 nitrogen and oxygen atoms in total. The fraction of sp³-hybridized carbons (Fsp3) is 0.300. The summed E-state index contributed by atoms with van der Waals surface area (Å²) in [5.74, 6) is 0.341. The number of carbonyl (C=O) groups excluding carboxylic acids is 2. The summed E-state index contributed by atoms with van der Waals surface area (Å²) in [4.78, 5) is 26.0. The SMILES string of the molecule is O=C(CNc1cccc(OCC(=O)N2CCCC2)c1)Nc1ccc(Cl)c(Cl)c1. The van der Waals surface area contributed by atoms with Gasteiger partial charge in [0.15, 0.2) is 6.61 Å². The van der Waals surface area contributed by atoms with Crippen molar-refractivity contribution in [2.24, 2.45) is 0 Å². The topological polar surface area (TPSA) is 70.7 Å².